The van der Waals surface area contributed by atoms with Gasteiger partial charge in [-0.15, -0.1) is 13.2 Å². The van der Waals surface area contributed by atoms with Crippen molar-refractivity contribution in [3.05, 3.63) is 189 Å². The molecule has 0 aromatic heterocycles. The largest absolute Gasteiger partial charge is 0.459 e. The Morgan fingerprint density at radius 3 is 1.88 bits per heavy atom. The molecule has 0 bridgehead atoms. The zero-order chi connectivity index (χ0) is 36.4. The van der Waals surface area contributed by atoms with Gasteiger partial charge in [0, 0.05) is 35.7 Å². The van der Waals surface area contributed by atoms with E-state index in [4.69, 9.17) is 10.5 Å². The van der Waals surface area contributed by atoms with Gasteiger partial charge in [0.15, 0.2) is 5.75 Å². The number of nitrogen functional groups attached to an aromatic ring is 1. The summed E-state index contributed by atoms with van der Waals surface area (Å²) in [7, 11) is 0. The first kappa shape index (κ1) is 41.5. The molecule has 0 saturated carbocycles. The summed E-state index contributed by atoms with van der Waals surface area (Å²) in [5, 5.41) is 0. The fraction of sp³-hybridized carbons (Fsp3) is 0.200. The van der Waals surface area contributed by atoms with Crippen molar-refractivity contribution in [1.29, 1.82) is 0 Å². The minimum atomic E-state index is 0.544. The number of ether oxygens (including phenoxy) is 1. The van der Waals surface area contributed by atoms with Gasteiger partial charge in [-0.2, -0.15) is 0 Å². The lowest BCUT2D eigenvalue weighted by Crippen LogP contribution is -2.21. The Morgan fingerprint density at radius 2 is 1.39 bits per heavy atom. The van der Waals surface area contributed by atoms with E-state index in [1.165, 1.54) is 0 Å². The Balaban J connectivity index is 0.00000157. The molecule has 0 radical (unpaired) electrons. The molecule has 258 valence electrons. The number of benzene rings is 3. The van der Waals surface area contributed by atoms with E-state index in [0.717, 1.165) is 46.2 Å². The molecule has 0 saturated heterocycles. The quantitative estimate of drug-likeness (QED) is 0.0721. The van der Waals surface area contributed by atoms with E-state index in [0.29, 0.717) is 24.4 Å². The van der Waals surface area contributed by atoms with Gasteiger partial charge in [-0.1, -0.05) is 112 Å². The molecule has 3 aromatic rings. The van der Waals surface area contributed by atoms with Crippen LogP contribution in [0.5, 0.6) is 5.75 Å². The summed E-state index contributed by atoms with van der Waals surface area (Å²) in [4.78, 5) is 4.37. The molecule has 3 aromatic carbocycles. The van der Waals surface area contributed by atoms with E-state index >= 15 is 0 Å². The minimum Gasteiger partial charge on any atom is -0.459 e. The lowest BCUT2D eigenvalue weighted by atomic mass is 10.1. The van der Waals surface area contributed by atoms with Crippen LogP contribution >= 0.6 is 0 Å². The van der Waals surface area contributed by atoms with Crippen LogP contribution in [0.2, 0.25) is 0 Å². The van der Waals surface area contributed by atoms with Gasteiger partial charge in [-0.25, -0.2) is 0 Å². The Morgan fingerprint density at radius 1 is 0.776 bits per heavy atom. The molecule has 0 aliphatic carbocycles. The smallest absolute Gasteiger partial charge is 0.151 e. The van der Waals surface area contributed by atoms with Crippen molar-refractivity contribution in [2.75, 3.05) is 22.1 Å². The Kier molecular flexibility index (Phi) is 20.9. The summed E-state index contributed by atoms with van der Waals surface area (Å²) in [5.41, 5.74) is 13.3. The highest BCUT2D eigenvalue weighted by molar-refractivity contribution is 5.79. The Bertz CT molecular complexity index is 1580. The summed E-state index contributed by atoms with van der Waals surface area (Å²) >= 11 is 0. The average Bonchev–Trinajstić information content (AvgIpc) is 3.15. The van der Waals surface area contributed by atoms with E-state index < -0.39 is 0 Å². The van der Waals surface area contributed by atoms with Gasteiger partial charge in [0.2, 0.25) is 0 Å². The summed E-state index contributed by atoms with van der Waals surface area (Å²) in [6.07, 6.45) is 21.2. The van der Waals surface area contributed by atoms with E-state index in [2.05, 4.69) is 85.5 Å². The fourth-order valence-electron chi connectivity index (χ4n) is 4.62. The third-order valence-electron chi connectivity index (χ3n) is 7.09. The highest BCUT2D eigenvalue weighted by Gasteiger charge is 2.17. The first-order valence-electron chi connectivity index (χ1n) is 16.9. The molecule has 0 amide bonds. The average molecular weight is 656 g/mol. The Hall–Kier alpha value is -5.48. The van der Waals surface area contributed by atoms with Gasteiger partial charge in [-0.3, -0.25) is 0 Å². The van der Waals surface area contributed by atoms with Crippen molar-refractivity contribution in [1.82, 2.24) is 0 Å². The van der Waals surface area contributed by atoms with E-state index in [1.807, 2.05) is 132 Å². The maximum Gasteiger partial charge on any atom is 0.151 e. The highest BCUT2D eigenvalue weighted by Crippen LogP contribution is 2.37. The SMILES string of the molecule is C=C/C(=C\C/C(=C\C)Oc1cccc(N(C/C=C\C)c2ccccc2)c1N)N(C(/C=C\C)=C(\C)C=C)c1ccccc1.C=CCC=C.CC. The number of hydrogen-bond acceptors (Lipinski definition) is 4. The van der Waals surface area contributed by atoms with Crippen LogP contribution in [-0.4, -0.2) is 6.54 Å². The van der Waals surface area contributed by atoms with Gasteiger partial charge < -0.3 is 20.3 Å². The van der Waals surface area contributed by atoms with Crippen molar-refractivity contribution in [2.24, 2.45) is 0 Å². The van der Waals surface area contributed by atoms with Gasteiger partial charge in [0.25, 0.3) is 0 Å². The van der Waals surface area contributed by atoms with Crippen molar-refractivity contribution in [3.63, 3.8) is 0 Å². The molecule has 0 unspecified atom stereocenters. The molecule has 49 heavy (non-hydrogen) atoms. The van der Waals surface area contributed by atoms with Crippen LogP contribution in [0, 0.1) is 0 Å². The third kappa shape index (κ3) is 13.3. The van der Waals surface area contributed by atoms with Crippen molar-refractivity contribution >= 4 is 22.7 Å². The van der Waals surface area contributed by atoms with Crippen LogP contribution in [0.15, 0.2) is 189 Å². The van der Waals surface area contributed by atoms with Gasteiger partial charge in [0.1, 0.15) is 5.76 Å². The second-order valence-electron chi connectivity index (χ2n) is 10.4. The molecular formula is C45H57N3O. The van der Waals surface area contributed by atoms with Crippen LogP contribution in [-0.2, 0) is 0 Å². The zero-order valence-electron chi connectivity index (χ0n) is 30.6. The molecular weight excluding hydrogens is 599 g/mol. The highest BCUT2D eigenvalue weighted by atomic mass is 16.5. The first-order valence-corrected chi connectivity index (χ1v) is 16.9. The van der Waals surface area contributed by atoms with Crippen LogP contribution in [0.3, 0.4) is 0 Å². The second kappa shape index (κ2) is 24.7. The zero-order valence-corrected chi connectivity index (χ0v) is 30.6. The maximum atomic E-state index is 6.74. The van der Waals surface area contributed by atoms with E-state index in [-0.39, 0.29) is 0 Å². The molecule has 4 nitrogen and oxygen atoms in total. The number of rotatable bonds is 16. The van der Waals surface area contributed by atoms with Crippen molar-refractivity contribution in [3.8, 4) is 5.75 Å². The number of anilines is 4. The molecule has 0 heterocycles. The lowest BCUT2D eigenvalue weighted by molar-refractivity contribution is 0.416. The van der Waals surface area contributed by atoms with Crippen LogP contribution in [0.4, 0.5) is 22.7 Å². The summed E-state index contributed by atoms with van der Waals surface area (Å²) in [6, 6.07) is 26.4. The predicted molar refractivity (Wildman–Crippen MR) is 219 cm³/mol. The standard InChI is InChI=1S/C38H43N3O.C5H8.C2H6/c1-7-12-29-40(32-21-15-13-16-22-32)36-25-19-26-37(38(36)39)42-34(11-5)28-27-31(10-4)41(33-23-17-14-18-24-33)35(20-8-2)30(6)9-3;1-3-5-4-2;1-2/h7-27H,3-4,28-29,39H2,1-2,5-6H3;3-4H,1-2,5H2;1-2H3/b12-7-,20-8-,31-27+,34-11+,35-30+;;. The monoisotopic (exact) mass is 655 g/mol. The van der Waals surface area contributed by atoms with Gasteiger partial charge in [0.05, 0.1) is 11.4 Å². The van der Waals surface area contributed by atoms with E-state index in [1.54, 1.807) is 0 Å². The van der Waals surface area contributed by atoms with Crippen molar-refractivity contribution < 1.29 is 4.74 Å². The molecule has 0 aliphatic heterocycles. The number of allylic oxidation sites excluding steroid dienone is 10. The number of nitrogens with zero attached hydrogens (tertiary/aromatic N) is 2. The fourth-order valence-corrected chi connectivity index (χ4v) is 4.62. The summed E-state index contributed by atoms with van der Waals surface area (Å²) in [5.74, 6) is 1.40. The molecule has 0 spiro atoms. The lowest BCUT2D eigenvalue weighted by Gasteiger charge is -2.29. The molecule has 2 N–H and O–H groups in total. The molecule has 0 fully saturated rings. The van der Waals surface area contributed by atoms with Crippen LogP contribution in [0.25, 0.3) is 0 Å². The Labute approximate surface area is 297 Å². The second-order valence-corrected chi connectivity index (χ2v) is 10.4. The number of nitrogens with two attached hydrogens (primary N) is 1. The van der Waals surface area contributed by atoms with E-state index in [9.17, 15) is 0 Å². The van der Waals surface area contributed by atoms with Crippen molar-refractivity contribution in [2.45, 2.75) is 54.4 Å². The predicted octanol–water partition coefficient (Wildman–Crippen LogP) is 13.0. The van der Waals surface area contributed by atoms with Gasteiger partial charge >= 0.3 is 0 Å². The summed E-state index contributed by atoms with van der Waals surface area (Å²) in [6.45, 7) is 27.9. The molecule has 3 rings (SSSR count). The molecule has 4 heteroatoms. The maximum absolute atomic E-state index is 6.74. The molecule has 0 aliphatic rings. The van der Waals surface area contributed by atoms with Crippen LogP contribution in [0.1, 0.15) is 54.4 Å². The first-order chi connectivity index (χ1) is 23.9. The summed E-state index contributed by atoms with van der Waals surface area (Å²) < 4.78 is 6.43. The topological polar surface area (TPSA) is 41.7 Å². The normalized spacial score (nSPS) is 11.7. The minimum absolute atomic E-state index is 0.544. The molecule has 0 atom stereocenters. The van der Waals surface area contributed by atoms with Crippen LogP contribution < -0.4 is 20.3 Å². The van der Waals surface area contributed by atoms with Gasteiger partial charge in [-0.05, 0) is 94.3 Å². The number of hydrogen-bond donors (Lipinski definition) is 1. The number of para-hydroxylation sites is 3. The third-order valence-corrected chi connectivity index (χ3v) is 7.09.